The first-order valence-corrected chi connectivity index (χ1v) is 14.2. The van der Waals surface area contributed by atoms with E-state index in [0.717, 1.165) is 24.8 Å². The summed E-state index contributed by atoms with van der Waals surface area (Å²) >= 11 is 0. The van der Waals surface area contributed by atoms with Crippen LogP contribution in [0.4, 0.5) is 0 Å². The number of aliphatic hydroxyl groups is 1. The molecule has 212 valence electrons. The van der Waals surface area contributed by atoms with E-state index in [1.807, 2.05) is 30.3 Å². The number of nitrogens with zero attached hydrogens (tertiary/aromatic N) is 3. The molecule has 6 atom stereocenters. The van der Waals surface area contributed by atoms with Crippen LogP contribution in [-0.4, -0.2) is 94.6 Å². The molecule has 3 saturated heterocycles. The molecular formula is C31H43N3O5. The summed E-state index contributed by atoms with van der Waals surface area (Å²) in [4.78, 5) is 47.3. The van der Waals surface area contributed by atoms with Crippen molar-refractivity contribution in [3.63, 3.8) is 0 Å². The predicted octanol–water partition coefficient (Wildman–Crippen LogP) is 2.81. The number of carbonyl (C=O) groups is 3. The van der Waals surface area contributed by atoms with Crippen LogP contribution >= 0.6 is 0 Å². The summed E-state index contributed by atoms with van der Waals surface area (Å²) in [5, 5.41) is 10.6. The second-order valence-corrected chi connectivity index (χ2v) is 11.1. The van der Waals surface area contributed by atoms with Crippen LogP contribution in [0.15, 0.2) is 55.6 Å². The quantitative estimate of drug-likeness (QED) is 0.291. The molecule has 0 saturated carbocycles. The smallest absolute Gasteiger partial charge is 0.248 e. The number of likely N-dealkylation sites (tertiary alicyclic amines) is 1. The van der Waals surface area contributed by atoms with Crippen molar-refractivity contribution in [2.24, 2.45) is 11.8 Å². The number of benzene rings is 1. The van der Waals surface area contributed by atoms with Gasteiger partial charge in [0.2, 0.25) is 17.7 Å². The summed E-state index contributed by atoms with van der Waals surface area (Å²) in [6, 6.07) is 8.11. The van der Waals surface area contributed by atoms with E-state index in [2.05, 4.69) is 20.1 Å². The Bertz CT molecular complexity index is 1060. The first kappa shape index (κ1) is 29.0. The summed E-state index contributed by atoms with van der Waals surface area (Å²) in [6.45, 7) is 10.7. The predicted molar refractivity (Wildman–Crippen MR) is 150 cm³/mol. The molecule has 1 spiro atoms. The highest BCUT2D eigenvalue weighted by atomic mass is 16.5. The number of hydrogen-bond acceptors (Lipinski definition) is 5. The lowest BCUT2D eigenvalue weighted by Crippen LogP contribution is -2.59. The van der Waals surface area contributed by atoms with Crippen molar-refractivity contribution < 1.29 is 24.2 Å². The number of unbranched alkanes of at least 4 members (excludes halogenated alkanes) is 2. The molecule has 1 aromatic carbocycles. The van der Waals surface area contributed by atoms with Crippen LogP contribution < -0.4 is 0 Å². The zero-order valence-electron chi connectivity index (χ0n) is 23.3. The fourth-order valence-corrected chi connectivity index (χ4v) is 6.89. The van der Waals surface area contributed by atoms with Gasteiger partial charge < -0.3 is 24.5 Å². The van der Waals surface area contributed by atoms with Crippen molar-refractivity contribution in [3.8, 4) is 0 Å². The highest BCUT2D eigenvalue weighted by Crippen LogP contribution is 2.59. The fraction of sp³-hybridized carbons (Fsp3) is 0.581. The minimum absolute atomic E-state index is 0.164. The highest BCUT2D eigenvalue weighted by molar-refractivity contribution is 5.99. The van der Waals surface area contributed by atoms with Gasteiger partial charge in [-0.15, -0.1) is 13.2 Å². The van der Waals surface area contributed by atoms with E-state index in [1.54, 1.807) is 33.9 Å². The summed E-state index contributed by atoms with van der Waals surface area (Å²) in [5.74, 6) is -2.07. The van der Waals surface area contributed by atoms with Crippen LogP contribution in [-0.2, 0) is 25.5 Å². The van der Waals surface area contributed by atoms with Gasteiger partial charge in [-0.25, -0.2) is 0 Å². The molecule has 8 nitrogen and oxygen atoms in total. The number of ether oxygens (including phenoxy) is 1. The van der Waals surface area contributed by atoms with E-state index in [0.29, 0.717) is 38.9 Å². The number of amides is 3. The first-order chi connectivity index (χ1) is 18.8. The van der Waals surface area contributed by atoms with Crippen molar-refractivity contribution in [2.75, 3.05) is 33.3 Å². The van der Waals surface area contributed by atoms with Crippen molar-refractivity contribution in [1.82, 2.24) is 14.7 Å². The second kappa shape index (κ2) is 12.5. The average molecular weight is 538 g/mol. The number of likely N-dealkylation sites (N-methyl/N-ethyl adjacent to an activating group) is 1. The Morgan fingerprint density at radius 3 is 2.54 bits per heavy atom. The molecule has 0 aliphatic carbocycles. The molecule has 2 bridgehead atoms. The van der Waals surface area contributed by atoms with Gasteiger partial charge >= 0.3 is 0 Å². The highest BCUT2D eigenvalue weighted by Gasteiger charge is 2.75. The Morgan fingerprint density at radius 2 is 1.90 bits per heavy atom. The standard InChI is InChI=1S/C31H43N3O5/c1-5-8-12-19-33(18-7-3)30(38)27-31-16-15-24(39-31)25(28(36)32(4)17-6-2)26(31)29(37)34(27)23(21-35)20-22-13-10-9-11-14-22/h6-7,9-11,13-14,23-27,35H,2-3,5,8,12,15-21H2,1,4H3/t23-,24-,25+,26+,27?,31?/m1/s1. The maximum atomic E-state index is 14.4. The van der Waals surface area contributed by atoms with Crippen LogP contribution in [0.5, 0.6) is 0 Å². The molecule has 3 heterocycles. The second-order valence-electron chi connectivity index (χ2n) is 11.1. The Balaban J connectivity index is 1.76. The van der Waals surface area contributed by atoms with Crippen LogP contribution in [0, 0.1) is 11.8 Å². The van der Waals surface area contributed by atoms with Crippen LogP contribution in [0.1, 0.15) is 44.6 Å². The first-order valence-electron chi connectivity index (χ1n) is 14.2. The SMILES string of the molecule is C=CCN(C)C(=O)[C@@H]1[C@H]2C(=O)N([C@@H](CO)Cc3ccccc3)C(C(=O)N(CC=C)CCCCC)C23CC[C@H]1O3. The van der Waals surface area contributed by atoms with Gasteiger partial charge in [-0.3, -0.25) is 14.4 Å². The van der Waals surface area contributed by atoms with E-state index in [1.165, 1.54) is 0 Å². The summed E-state index contributed by atoms with van der Waals surface area (Å²) in [6.07, 6.45) is 7.33. The molecular weight excluding hydrogens is 494 g/mol. The Morgan fingerprint density at radius 1 is 1.18 bits per heavy atom. The molecule has 0 aromatic heterocycles. The summed E-state index contributed by atoms with van der Waals surface area (Å²) in [5.41, 5.74) is -0.137. The summed E-state index contributed by atoms with van der Waals surface area (Å²) in [7, 11) is 1.70. The molecule has 3 fully saturated rings. The lowest BCUT2D eigenvalue weighted by Gasteiger charge is -2.39. The minimum Gasteiger partial charge on any atom is -0.394 e. The monoisotopic (exact) mass is 537 g/mol. The molecule has 3 amide bonds. The normalized spacial score (nSPS) is 27.8. The number of rotatable bonds is 14. The van der Waals surface area contributed by atoms with Gasteiger partial charge in [-0.05, 0) is 31.2 Å². The topological polar surface area (TPSA) is 90.4 Å². The zero-order chi connectivity index (χ0) is 28.2. The average Bonchev–Trinajstić information content (AvgIpc) is 3.58. The van der Waals surface area contributed by atoms with Crippen molar-refractivity contribution >= 4 is 17.7 Å². The van der Waals surface area contributed by atoms with Gasteiger partial charge in [0, 0.05) is 26.7 Å². The number of aliphatic hydroxyl groups excluding tert-OH is 1. The van der Waals surface area contributed by atoms with E-state index in [4.69, 9.17) is 4.74 Å². The van der Waals surface area contributed by atoms with Crippen LogP contribution in [0.3, 0.4) is 0 Å². The fourth-order valence-electron chi connectivity index (χ4n) is 6.89. The lowest BCUT2D eigenvalue weighted by atomic mass is 9.70. The van der Waals surface area contributed by atoms with E-state index < -0.39 is 35.6 Å². The molecule has 4 rings (SSSR count). The number of hydrogen-bond donors (Lipinski definition) is 1. The summed E-state index contributed by atoms with van der Waals surface area (Å²) < 4.78 is 6.59. The van der Waals surface area contributed by atoms with Crippen LogP contribution in [0.25, 0.3) is 0 Å². The molecule has 0 radical (unpaired) electrons. The Hall–Kier alpha value is -2.97. The maximum Gasteiger partial charge on any atom is 0.248 e. The van der Waals surface area contributed by atoms with Gasteiger partial charge in [-0.2, -0.15) is 0 Å². The molecule has 3 aliphatic rings. The molecule has 39 heavy (non-hydrogen) atoms. The number of fused-ring (bicyclic) bond motifs is 1. The Kier molecular flexibility index (Phi) is 9.28. The van der Waals surface area contributed by atoms with E-state index in [9.17, 15) is 19.5 Å². The lowest BCUT2D eigenvalue weighted by molar-refractivity contribution is -0.151. The number of carbonyl (C=O) groups excluding carboxylic acids is 3. The largest absolute Gasteiger partial charge is 0.394 e. The molecule has 1 N–H and O–H groups in total. The van der Waals surface area contributed by atoms with Crippen molar-refractivity contribution in [1.29, 1.82) is 0 Å². The molecule has 3 aliphatic heterocycles. The third-order valence-corrected chi connectivity index (χ3v) is 8.65. The molecule has 8 heteroatoms. The van der Waals surface area contributed by atoms with Gasteiger partial charge in [0.05, 0.1) is 30.6 Å². The Labute approximate surface area is 232 Å². The van der Waals surface area contributed by atoms with Gasteiger partial charge in [0.25, 0.3) is 0 Å². The minimum atomic E-state index is -1.09. The molecule has 2 unspecified atom stereocenters. The maximum absolute atomic E-state index is 14.4. The van der Waals surface area contributed by atoms with E-state index in [-0.39, 0.29) is 24.3 Å². The zero-order valence-corrected chi connectivity index (χ0v) is 23.3. The third kappa shape index (κ3) is 5.29. The van der Waals surface area contributed by atoms with E-state index >= 15 is 0 Å². The van der Waals surface area contributed by atoms with Crippen molar-refractivity contribution in [3.05, 3.63) is 61.2 Å². The van der Waals surface area contributed by atoms with Crippen LogP contribution in [0.2, 0.25) is 0 Å². The molecule has 1 aromatic rings. The third-order valence-electron chi connectivity index (χ3n) is 8.65. The van der Waals surface area contributed by atoms with Gasteiger partial charge in [-0.1, -0.05) is 62.2 Å². The van der Waals surface area contributed by atoms with Crippen molar-refractivity contribution in [2.45, 2.75) is 69.2 Å². The van der Waals surface area contributed by atoms with Gasteiger partial charge in [0.15, 0.2) is 0 Å². The van der Waals surface area contributed by atoms with Gasteiger partial charge in [0.1, 0.15) is 11.6 Å².